The van der Waals surface area contributed by atoms with Crippen molar-refractivity contribution >= 4 is 22.8 Å². The molecule has 0 N–H and O–H groups in total. The summed E-state index contributed by atoms with van der Waals surface area (Å²) in [7, 11) is 0. The molecule has 7 heteroatoms. The average Bonchev–Trinajstić information content (AvgIpc) is 3.13. The summed E-state index contributed by atoms with van der Waals surface area (Å²) in [4.78, 5) is 33.7. The number of aromatic nitrogens is 2. The molecule has 1 aromatic heterocycles. The van der Waals surface area contributed by atoms with E-state index in [1.165, 1.54) is 6.07 Å². The number of piperazine rings is 1. The number of para-hydroxylation sites is 2. The number of amides is 2. The molecule has 3 aromatic rings. The molecule has 0 spiro atoms. The lowest BCUT2D eigenvalue weighted by Gasteiger charge is -2.35. The highest BCUT2D eigenvalue weighted by Crippen LogP contribution is 2.18. The maximum Gasteiger partial charge on any atom is 0.254 e. The van der Waals surface area contributed by atoms with Gasteiger partial charge >= 0.3 is 0 Å². The number of carbonyl (C=O) groups excluding carboxylic acids is 2. The van der Waals surface area contributed by atoms with E-state index in [4.69, 9.17) is 0 Å². The minimum absolute atomic E-state index is 0.0151. The highest BCUT2D eigenvalue weighted by molar-refractivity contribution is 5.94. The summed E-state index contributed by atoms with van der Waals surface area (Å²) in [6, 6.07) is 12.4. The number of fused-ring (bicyclic) bond motifs is 1. The summed E-state index contributed by atoms with van der Waals surface area (Å²) < 4.78 is 15.8. The molecule has 0 saturated carbocycles. The Morgan fingerprint density at radius 2 is 1.73 bits per heavy atom. The van der Waals surface area contributed by atoms with E-state index in [1.807, 2.05) is 35.8 Å². The second-order valence-corrected chi connectivity index (χ2v) is 7.59. The van der Waals surface area contributed by atoms with Gasteiger partial charge < -0.3 is 14.4 Å². The number of nitrogens with zero attached hydrogens (tertiary/aromatic N) is 4. The number of hydrogen-bond acceptors (Lipinski definition) is 3. The van der Waals surface area contributed by atoms with Crippen LogP contribution >= 0.6 is 0 Å². The lowest BCUT2D eigenvalue weighted by molar-refractivity contribution is -0.133. The molecule has 1 fully saturated rings. The van der Waals surface area contributed by atoms with Crippen molar-refractivity contribution in [3.63, 3.8) is 0 Å². The molecule has 0 unspecified atom stereocenters. The molecular weight excluding hydrogens is 383 g/mol. The first-order chi connectivity index (χ1) is 14.5. The van der Waals surface area contributed by atoms with Crippen LogP contribution in [0.5, 0.6) is 0 Å². The Labute approximate surface area is 174 Å². The van der Waals surface area contributed by atoms with Gasteiger partial charge in [-0.15, -0.1) is 0 Å². The van der Waals surface area contributed by atoms with Crippen molar-refractivity contribution in [1.82, 2.24) is 19.4 Å². The highest BCUT2D eigenvalue weighted by Gasteiger charge is 2.26. The Balaban J connectivity index is 1.41. The fourth-order valence-electron chi connectivity index (χ4n) is 3.87. The normalized spacial score (nSPS) is 14.4. The number of carbonyl (C=O) groups is 2. The molecule has 0 bridgehead atoms. The van der Waals surface area contributed by atoms with Crippen molar-refractivity contribution in [3.8, 4) is 0 Å². The molecule has 2 heterocycles. The molecular formula is C23H25FN4O2. The van der Waals surface area contributed by atoms with Crippen LogP contribution in [0.1, 0.15) is 28.7 Å². The fourth-order valence-corrected chi connectivity index (χ4v) is 3.87. The number of hydrogen-bond donors (Lipinski definition) is 0. The second kappa shape index (κ2) is 8.26. The van der Waals surface area contributed by atoms with Gasteiger partial charge in [-0.3, -0.25) is 9.59 Å². The molecule has 2 amide bonds. The summed E-state index contributed by atoms with van der Waals surface area (Å²) in [5, 5.41) is 0. The lowest BCUT2D eigenvalue weighted by atomic mass is 10.1. The van der Waals surface area contributed by atoms with E-state index in [2.05, 4.69) is 4.98 Å². The van der Waals surface area contributed by atoms with Crippen LogP contribution < -0.4 is 0 Å². The zero-order valence-electron chi connectivity index (χ0n) is 17.3. The largest absolute Gasteiger partial charge is 0.338 e. The van der Waals surface area contributed by atoms with Crippen LogP contribution in [0, 0.1) is 12.7 Å². The van der Waals surface area contributed by atoms with E-state index in [9.17, 15) is 14.0 Å². The number of aryl methyl sites for hydroxylation is 2. The third-order valence-corrected chi connectivity index (χ3v) is 5.68. The minimum atomic E-state index is -0.381. The van der Waals surface area contributed by atoms with Crippen LogP contribution in [-0.4, -0.2) is 57.3 Å². The Morgan fingerprint density at radius 3 is 2.43 bits per heavy atom. The van der Waals surface area contributed by atoms with Gasteiger partial charge in [0.1, 0.15) is 18.2 Å². The Hall–Kier alpha value is -3.22. The SMILES string of the molecule is CCc1nc2ccccc2n1CC(=O)N1CCN(C(=O)c2ccc(C)c(F)c2)CC1. The number of benzene rings is 2. The summed E-state index contributed by atoms with van der Waals surface area (Å²) in [5.41, 5.74) is 2.71. The van der Waals surface area contributed by atoms with Crippen LogP contribution in [0.15, 0.2) is 42.5 Å². The van der Waals surface area contributed by atoms with Gasteiger partial charge in [0.2, 0.25) is 5.91 Å². The number of imidazole rings is 1. The van der Waals surface area contributed by atoms with Crippen LogP contribution in [-0.2, 0) is 17.8 Å². The van der Waals surface area contributed by atoms with Crippen molar-refractivity contribution in [2.24, 2.45) is 0 Å². The maximum atomic E-state index is 13.8. The predicted molar refractivity (Wildman–Crippen MR) is 113 cm³/mol. The van der Waals surface area contributed by atoms with Crippen LogP contribution in [0.4, 0.5) is 4.39 Å². The second-order valence-electron chi connectivity index (χ2n) is 7.59. The molecule has 1 saturated heterocycles. The van der Waals surface area contributed by atoms with E-state index in [0.29, 0.717) is 37.3 Å². The van der Waals surface area contributed by atoms with Gasteiger partial charge in [-0.1, -0.05) is 25.1 Å². The van der Waals surface area contributed by atoms with Crippen molar-refractivity contribution in [2.45, 2.75) is 26.8 Å². The van der Waals surface area contributed by atoms with E-state index in [1.54, 1.807) is 28.9 Å². The summed E-state index contributed by atoms with van der Waals surface area (Å²) in [6.45, 7) is 5.74. The van der Waals surface area contributed by atoms with E-state index in [-0.39, 0.29) is 24.2 Å². The van der Waals surface area contributed by atoms with Gasteiger partial charge in [0.15, 0.2) is 0 Å². The third kappa shape index (κ3) is 3.79. The third-order valence-electron chi connectivity index (χ3n) is 5.68. The topological polar surface area (TPSA) is 58.4 Å². The van der Waals surface area contributed by atoms with Gasteiger partial charge in [0.05, 0.1) is 11.0 Å². The van der Waals surface area contributed by atoms with Gasteiger partial charge in [0, 0.05) is 38.2 Å². The van der Waals surface area contributed by atoms with Crippen molar-refractivity contribution < 1.29 is 14.0 Å². The van der Waals surface area contributed by atoms with Gasteiger partial charge in [-0.25, -0.2) is 9.37 Å². The summed E-state index contributed by atoms with van der Waals surface area (Å²) in [5.74, 6) is 0.324. The molecule has 0 atom stereocenters. The van der Waals surface area contributed by atoms with Gasteiger partial charge in [-0.05, 0) is 36.8 Å². The van der Waals surface area contributed by atoms with Gasteiger partial charge in [0.25, 0.3) is 5.91 Å². The van der Waals surface area contributed by atoms with E-state index in [0.717, 1.165) is 23.3 Å². The first-order valence-electron chi connectivity index (χ1n) is 10.2. The maximum absolute atomic E-state index is 13.8. The monoisotopic (exact) mass is 408 g/mol. The standard InChI is InChI=1S/C23H25FN4O2/c1-3-21-25-19-6-4-5-7-20(19)28(21)15-22(29)26-10-12-27(13-11-26)23(30)17-9-8-16(2)18(24)14-17/h4-9,14H,3,10-13,15H2,1-2H3. The van der Waals surface area contributed by atoms with Crippen molar-refractivity contribution in [2.75, 3.05) is 26.2 Å². The molecule has 0 radical (unpaired) electrons. The molecule has 30 heavy (non-hydrogen) atoms. The number of halogens is 1. The van der Waals surface area contributed by atoms with Crippen LogP contribution in [0.25, 0.3) is 11.0 Å². The van der Waals surface area contributed by atoms with Crippen LogP contribution in [0.2, 0.25) is 0 Å². The number of rotatable bonds is 4. The first-order valence-corrected chi connectivity index (χ1v) is 10.2. The molecule has 1 aliphatic rings. The Kier molecular flexibility index (Phi) is 5.53. The average molecular weight is 408 g/mol. The van der Waals surface area contributed by atoms with E-state index < -0.39 is 0 Å². The molecule has 2 aromatic carbocycles. The van der Waals surface area contributed by atoms with Gasteiger partial charge in [-0.2, -0.15) is 0 Å². The molecule has 6 nitrogen and oxygen atoms in total. The molecule has 0 aliphatic carbocycles. The molecule has 4 rings (SSSR count). The Bertz CT molecular complexity index is 1100. The van der Waals surface area contributed by atoms with Crippen LogP contribution in [0.3, 0.4) is 0 Å². The zero-order valence-corrected chi connectivity index (χ0v) is 17.3. The minimum Gasteiger partial charge on any atom is -0.338 e. The summed E-state index contributed by atoms with van der Waals surface area (Å²) in [6.07, 6.45) is 0.747. The first kappa shape index (κ1) is 20.1. The fraction of sp³-hybridized carbons (Fsp3) is 0.348. The Morgan fingerprint density at radius 1 is 1.03 bits per heavy atom. The van der Waals surface area contributed by atoms with Crippen molar-refractivity contribution in [1.29, 1.82) is 0 Å². The van der Waals surface area contributed by atoms with E-state index >= 15 is 0 Å². The summed E-state index contributed by atoms with van der Waals surface area (Å²) >= 11 is 0. The van der Waals surface area contributed by atoms with Crippen molar-refractivity contribution in [3.05, 3.63) is 65.2 Å². The highest BCUT2D eigenvalue weighted by atomic mass is 19.1. The smallest absolute Gasteiger partial charge is 0.254 e. The molecule has 1 aliphatic heterocycles. The lowest BCUT2D eigenvalue weighted by Crippen LogP contribution is -2.51. The predicted octanol–water partition coefficient (Wildman–Crippen LogP) is 3.03. The molecule has 156 valence electrons. The quantitative estimate of drug-likeness (QED) is 0.667. The zero-order chi connectivity index (χ0) is 21.3.